The number of benzene rings is 1. The zero-order valence-corrected chi connectivity index (χ0v) is 13.1. The number of piperazine rings is 1. The van der Waals surface area contributed by atoms with Crippen LogP contribution in [0.15, 0.2) is 18.2 Å². The Morgan fingerprint density at radius 1 is 1.40 bits per heavy atom. The summed E-state index contributed by atoms with van der Waals surface area (Å²) in [6.45, 7) is 7.74. The van der Waals surface area contributed by atoms with Gasteiger partial charge in [0.05, 0.1) is 5.02 Å². The van der Waals surface area contributed by atoms with E-state index in [1.165, 1.54) is 6.07 Å². The van der Waals surface area contributed by atoms with Gasteiger partial charge in [-0.25, -0.2) is 4.39 Å². The first-order valence-corrected chi connectivity index (χ1v) is 7.33. The summed E-state index contributed by atoms with van der Waals surface area (Å²) < 4.78 is 13.7. The van der Waals surface area contributed by atoms with E-state index in [1.54, 1.807) is 6.07 Å². The zero-order chi connectivity index (χ0) is 14.9. The quantitative estimate of drug-likeness (QED) is 0.931. The molecule has 1 aliphatic rings. The van der Waals surface area contributed by atoms with E-state index in [2.05, 4.69) is 30.7 Å². The van der Waals surface area contributed by atoms with Crippen molar-refractivity contribution >= 4 is 11.6 Å². The molecule has 0 radical (unpaired) electrons. The molecule has 1 aromatic rings. The Balaban J connectivity index is 2.22. The average Bonchev–Trinajstić information content (AvgIpc) is 2.38. The first-order valence-electron chi connectivity index (χ1n) is 6.95. The van der Waals surface area contributed by atoms with Crippen LogP contribution in [0.1, 0.15) is 25.5 Å². The van der Waals surface area contributed by atoms with E-state index in [9.17, 15) is 4.39 Å². The van der Waals surface area contributed by atoms with Crippen molar-refractivity contribution in [2.24, 2.45) is 5.73 Å². The molecule has 1 heterocycles. The fourth-order valence-corrected chi connectivity index (χ4v) is 2.88. The van der Waals surface area contributed by atoms with Gasteiger partial charge in [0.2, 0.25) is 0 Å². The molecule has 1 fully saturated rings. The van der Waals surface area contributed by atoms with Crippen molar-refractivity contribution in [2.75, 3.05) is 33.2 Å². The molecule has 1 unspecified atom stereocenters. The van der Waals surface area contributed by atoms with E-state index in [0.29, 0.717) is 6.54 Å². The summed E-state index contributed by atoms with van der Waals surface area (Å²) in [6.07, 6.45) is 0. The van der Waals surface area contributed by atoms with Gasteiger partial charge in [-0.05, 0) is 38.6 Å². The summed E-state index contributed by atoms with van der Waals surface area (Å²) in [6, 6.07) is 5.02. The van der Waals surface area contributed by atoms with Crippen molar-refractivity contribution < 1.29 is 4.39 Å². The molecule has 0 amide bonds. The summed E-state index contributed by atoms with van der Waals surface area (Å²) in [5.41, 5.74) is 6.93. The minimum absolute atomic E-state index is 0.0368. The van der Waals surface area contributed by atoms with Crippen molar-refractivity contribution in [2.45, 2.75) is 25.4 Å². The number of hydrogen-bond acceptors (Lipinski definition) is 3. The smallest absolute Gasteiger partial charge is 0.142 e. The standard InChI is InChI=1S/C15H23ClFN3/c1-15(2)10-20(7-6-19(15)3)14(9-18)11-4-5-12(16)13(17)8-11/h4-5,8,14H,6-7,9-10,18H2,1-3H3. The second kappa shape index (κ2) is 5.98. The normalized spacial score (nSPS) is 21.9. The molecule has 1 aliphatic heterocycles. The highest BCUT2D eigenvalue weighted by molar-refractivity contribution is 6.30. The lowest BCUT2D eigenvalue weighted by atomic mass is 9.96. The molecule has 0 aromatic heterocycles. The fraction of sp³-hybridized carbons (Fsp3) is 0.600. The maximum absolute atomic E-state index is 13.7. The zero-order valence-electron chi connectivity index (χ0n) is 12.4. The van der Waals surface area contributed by atoms with E-state index in [-0.39, 0.29) is 22.4 Å². The minimum Gasteiger partial charge on any atom is -0.329 e. The van der Waals surface area contributed by atoms with Gasteiger partial charge in [0, 0.05) is 37.8 Å². The molecule has 1 atom stereocenters. The predicted molar refractivity (Wildman–Crippen MR) is 81.5 cm³/mol. The SMILES string of the molecule is CN1CCN(C(CN)c2ccc(Cl)c(F)c2)CC1(C)C. The molecule has 0 aliphatic carbocycles. The van der Waals surface area contributed by atoms with Crippen molar-refractivity contribution in [1.82, 2.24) is 9.80 Å². The molecular weight excluding hydrogens is 277 g/mol. The molecular formula is C15H23ClFN3. The Kier molecular flexibility index (Phi) is 4.69. The van der Waals surface area contributed by atoms with Crippen LogP contribution in [0.5, 0.6) is 0 Å². The van der Waals surface area contributed by atoms with Gasteiger partial charge < -0.3 is 5.73 Å². The van der Waals surface area contributed by atoms with Crippen LogP contribution in [0.4, 0.5) is 4.39 Å². The highest BCUT2D eigenvalue weighted by Gasteiger charge is 2.34. The van der Waals surface area contributed by atoms with Gasteiger partial charge in [-0.3, -0.25) is 9.80 Å². The molecule has 20 heavy (non-hydrogen) atoms. The lowest BCUT2D eigenvalue weighted by molar-refractivity contribution is 0.0180. The highest BCUT2D eigenvalue weighted by atomic mass is 35.5. The van der Waals surface area contributed by atoms with Gasteiger partial charge in [-0.2, -0.15) is 0 Å². The molecule has 112 valence electrons. The van der Waals surface area contributed by atoms with Gasteiger partial charge in [-0.1, -0.05) is 17.7 Å². The van der Waals surface area contributed by atoms with E-state index in [1.807, 2.05) is 6.07 Å². The van der Waals surface area contributed by atoms with Gasteiger partial charge in [0.15, 0.2) is 0 Å². The van der Waals surface area contributed by atoms with E-state index in [0.717, 1.165) is 25.2 Å². The summed E-state index contributed by atoms with van der Waals surface area (Å²) in [4.78, 5) is 4.68. The van der Waals surface area contributed by atoms with Gasteiger partial charge >= 0.3 is 0 Å². The van der Waals surface area contributed by atoms with Crippen molar-refractivity contribution in [3.63, 3.8) is 0 Å². The molecule has 1 aromatic carbocycles. The number of likely N-dealkylation sites (N-methyl/N-ethyl adjacent to an activating group) is 1. The lowest BCUT2D eigenvalue weighted by Gasteiger charge is -2.48. The van der Waals surface area contributed by atoms with E-state index in [4.69, 9.17) is 17.3 Å². The molecule has 0 bridgehead atoms. The van der Waals surface area contributed by atoms with Gasteiger partial charge in [-0.15, -0.1) is 0 Å². The third-order valence-electron chi connectivity index (χ3n) is 4.34. The Bertz CT molecular complexity index is 478. The van der Waals surface area contributed by atoms with E-state index < -0.39 is 0 Å². The Morgan fingerprint density at radius 2 is 2.10 bits per heavy atom. The fourth-order valence-electron chi connectivity index (χ4n) is 2.76. The minimum atomic E-state index is -0.379. The van der Waals surface area contributed by atoms with Crippen LogP contribution < -0.4 is 5.73 Å². The number of hydrogen-bond donors (Lipinski definition) is 1. The maximum Gasteiger partial charge on any atom is 0.142 e. The van der Waals surface area contributed by atoms with Crippen LogP contribution in [0.25, 0.3) is 0 Å². The third kappa shape index (κ3) is 3.14. The van der Waals surface area contributed by atoms with Crippen LogP contribution in [0.2, 0.25) is 5.02 Å². The molecule has 0 saturated carbocycles. The first-order chi connectivity index (χ1) is 9.35. The van der Waals surface area contributed by atoms with Gasteiger partial charge in [0.1, 0.15) is 5.82 Å². The van der Waals surface area contributed by atoms with Crippen LogP contribution in [0.3, 0.4) is 0 Å². The van der Waals surface area contributed by atoms with Crippen LogP contribution in [-0.4, -0.2) is 48.6 Å². The molecule has 0 spiro atoms. The largest absolute Gasteiger partial charge is 0.329 e. The summed E-state index contributed by atoms with van der Waals surface area (Å²) in [5.74, 6) is -0.379. The van der Waals surface area contributed by atoms with Crippen molar-refractivity contribution in [3.8, 4) is 0 Å². The van der Waals surface area contributed by atoms with Crippen molar-refractivity contribution in [1.29, 1.82) is 0 Å². The summed E-state index contributed by atoms with van der Waals surface area (Å²) >= 11 is 5.75. The summed E-state index contributed by atoms with van der Waals surface area (Å²) in [5, 5.41) is 0.156. The monoisotopic (exact) mass is 299 g/mol. The average molecular weight is 300 g/mol. The van der Waals surface area contributed by atoms with Crippen LogP contribution in [-0.2, 0) is 0 Å². The van der Waals surface area contributed by atoms with Crippen molar-refractivity contribution in [3.05, 3.63) is 34.6 Å². The highest BCUT2D eigenvalue weighted by Crippen LogP contribution is 2.28. The lowest BCUT2D eigenvalue weighted by Crippen LogP contribution is -2.58. The second-order valence-electron chi connectivity index (χ2n) is 6.13. The Hall–Kier alpha value is -0.680. The molecule has 2 rings (SSSR count). The Labute approximate surface area is 125 Å². The first kappa shape index (κ1) is 15.7. The number of rotatable bonds is 3. The Morgan fingerprint density at radius 3 is 2.65 bits per heavy atom. The van der Waals surface area contributed by atoms with Crippen LogP contribution >= 0.6 is 11.6 Å². The molecule has 3 nitrogen and oxygen atoms in total. The predicted octanol–water partition coefficient (Wildman–Crippen LogP) is 2.50. The maximum atomic E-state index is 13.7. The number of nitrogens with zero attached hydrogens (tertiary/aromatic N) is 2. The van der Waals surface area contributed by atoms with Crippen LogP contribution in [0, 0.1) is 5.82 Å². The molecule has 5 heteroatoms. The number of halogens is 2. The topological polar surface area (TPSA) is 32.5 Å². The van der Waals surface area contributed by atoms with Gasteiger partial charge in [0.25, 0.3) is 0 Å². The van der Waals surface area contributed by atoms with E-state index >= 15 is 0 Å². The summed E-state index contributed by atoms with van der Waals surface area (Å²) in [7, 11) is 2.14. The third-order valence-corrected chi connectivity index (χ3v) is 4.65. The molecule has 2 N–H and O–H groups in total. The molecule has 1 saturated heterocycles. The number of nitrogens with two attached hydrogens (primary N) is 1. The second-order valence-corrected chi connectivity index (χ2v) is 6.54.